The van der Waals surface area contributed by atoms with Gasteiger partial charge in [0.15, 0.2) is 5.78 Å². The Balaban J connectivity index is 2.80. The van der Waals surface area contributed by atoms with Gasteiger partial charge in [0, 0.05) is 6.42 Å². The van der Waals surface area contributed by atoms with E-state index < -0.39 is 0 Å². The van der Waals surface area contributed by atoms with Gasteiger partial charge in [0.2, 0.25) is 0 Å². The predicted octanol–water partition coefficient (Wildman–Crippen LogP) is 2.45. The van der Waals surface area contributed by atoms with Crippen LogP contribution >= 0.6 is 11.6 Å². The Hall–Kier alpha value is -1.35. The molecule has 0 aromatic heterocycles. The normalized spacial score (nSPS) is 10.2. The van der Waals surface area contributed by atoms with E-state index in [1.165, 1.54) is 0 Å². The number of rotatable bonds is 6. The summed E-state index contributed by atoms with van der Waals surface area (Å²) in [5.41, 5.74) is 2.78. The van der Waals surface area contributed by atoms with Crippen molar-refractivity contribution in [3.8, 4) is 0 Å². The molecule has 18 heavy (non-hydrogen) atoms. The number of esters is 1. The zero-order valence-electron chi connectivity index (χ0n) is 10.7. The van der Waals surface area contributed by atoms with E-state index >= 15 is 0 Å². The maximum absolute atomic E-state index is 11.4. The Kier molecular flexibility index (Phi) is 5.86. The number of aryl methyl sites for hydroxylation is 1. The lowest BCUT2D eigenvalue weighted by Gasteiger charge is -2.07. The van der Waals surface area contributed by atoms with Gasteiger partial charge in [-0.25, -0.2) is 0 Å². The van der Waals surface area contributed by atoms with Gasteiger partial charge in [-0.15, -0.1) is 11.6 Å². The molecule has 98 valence electrons. The van der Waals surface area contributed by atoms with Crippen LogP contribution in [0.1, 0.15) is 23.6 Å². The molecule has 0 saturated heterocycles. The molecule has 0 aliphatic carbocycles. The number of alkyl halides is 1. The van der Waals surface area contributed by atoms with Gasteiger partial charge in [-0.05, 0) is 25.0 Å². The second kappa shape index (κ2) is 7.17. The molecule has 0 unspecified atom stereocenters. The van der Waals surface area contributed by atoms with Crippen molar-refractivity contribution < 1.29 is 14.3 Å². The minimum Gasteiger partial charge on any atom is -0.466 e. The van der Waals surface area contributed by atoms with Gasteiger partial charge >= 0.3 is 5.97 Å². The number of halogens is 1. The number of carbonyl (C=O) groups excluding carboxylic acids is 2. The van der Waals surface area contributed by atoms with Crippen LogP contribution < -0.4 is 0 Å². The Labute approximate surface area is 112 Å². The van der Waals surface area contributed by atoms with Crippen molar-refractivity contribution in [3.05, 3.63) is 34.9 Å². The molecule has 1 aromatic carbocycles. The van der Waals surface area contributed by atoms with E-state index in [-0.39, 0.29) is 24.1 Å². The topological polar surface area (TPSA) is 43.4 Å². The standard InChI is InChI=1S/C14H17ClO3/c1-3-18-14(17)8-12-5-10(2)4-11(6-12)7-13(16)9-15/h4-6H,3,7-9H2,1-2H3. The Bertz CT molecular complexity index is 441. The zero-order valence-corrected chi connectivity index (χ0v) is 11.4. The third-order valence-corrected chi connectivity index (χ3v) is 2.70. The van der Waals surface area contributed by atoms with Crippen LogP contribution in [0.15, 0.2) is 18.2 Å². The highest BCUT2D eigenvalue weighted by Crippen LogP contribution is 2.12. The number of hydrogen-bond donors (Lipinski definition) is 0. The van der Waals surface area contributed by atoms with Crippen molar-refractivity contribution in [2.24, 2.45) is 0 Å². The van der Waals surface area contributed by atoms with E-state index in [4.69, 9.17) is 16.3 Å². The lowest BCUT2D eigenvalue weighted by atomic mass is 10.0. The maximum Gasteiger partial charge on any atom is 0.310 e. The molecule has 0 heterocycles. The summed E-state index contributed by atoms with van der Waals surface area (Å²) < 4.78 is 4.90. The highest BCUT2D eigenvalue weighted by atomic mass is 35.5. The molecular weight excluding hydrogens is 252 g/mol. The van der Waals surface area contributed by atoms with E-state index in [9.17, 15) is 9.59 Å². The van der Waals surface area contributed by atoms with Crippen molar-refractivity contribution in [1.82, 2.24) is 0 Å². The van der Waals surface area contributed by atoms with Crippen LogP contribution in [0.5, 0.6) is 0 Å². The first-order valence-corrected chi connectivity index (χ1v) is 6.41. The average molecular weight is 269 g/mol. The predicted molar refractivity (Wildman–Crippen MR) is 70.9 cm³/mol. The molecule has 1 aromatic rings. The summed E-state index contributed by atoms with van der Waals surface area (Å²) in [5, 5.41) is 0. The quantitative estimate of drug-likeness (QED) is 0.588. The van der Waals surface area contributed by atoms with Crippen molar-refractivity contribution >= 4 is 23.4 Å². The second-order valence-electron chi connectivity index (χ2n) is 4.16. The van der Waals surface area contributed by atoms with E-state index in [0.717, 1.165) is 16.7 Å². The van der Waals surface area contributed by atoms with Crippen LogP contribution in [0.3, 0.4) is 0 Å². The third kappa shape index (κ3) is 4.88. The number of Topliss-reactive ketones (excluding diaryl/α,β-unsaturated/α-hetero) is 1. The van der Waals surface area contributed by atoms with Gasteiger partial charge in [0.05, 0.1) is 18.9 Å². The van der Waals surface area contributed by atoms with Gasteiger partial charge in [-0.2, -0.15) is 0 Å². The minimum atomic E-state index is -0.252. The molecule has 0 spiro atoms. The average Bonchev–Trinajstić information content (AvgIpc) is 2.28. The molecule has 0 amide bonds. The number of ketones is 1. The molecule has 0 saturated carbocycles. The van der Waals surface area contributed by atoms with Gasteiger partial charge in [-0.3, -0.25) is 9.59 Å². The first-order chi connectivity index (χ1) is 8.55. The highest BCUT2D eigenvalue weighted by molar-refractivity contribution is 6.27. The second-order valence-corrected chi connectivity index (χ2v) is 4.43. The summed E-state index contributed by atoms with van der Waals surface area (Å²) >= 11 is 5.48. The summed E-state index contributed by atoms with van der Waals surface area (Å²) in [6.45, 7) is 4.09. The molecule has 0 aliphatic rings. The largest absolute Gasteiger partial charge is 0.466 e. The maximum atomic E-state index is 11.4. The highest BCUT2D eigenvalue weighted by Gasteiger charge is 2.08. The molecule has 0 bridgehead atoms. The molecule has 0 aliphatic heterocycles. The Morgan fingerprint density at radius 3 is 2.33 bits per heavy atom. The first-order valence-electron chi connectivity index (χ1n) is 5.88. The lowest BCUT2D eigenvalue weighted by Crippen LogP contribution is -2.09. The monoisotopic (exact) mass is 268 g/mol. The van der Waals surface area contributed by atoms with Gasteiger partial charge in [0.1, 0.15) is 0 Å². The molecule has 0 N–H and O–H groups in total. The number of ether oxygens (including phenoxy) is 1. The lowest BCUT2D eigenvalue weighted by molar-refractivity contribution is -0.142. The van der Waals surface area contributed by atoms with Gasteiger partial charge < -0.3 is 4.74 Å². The molecule has 0 radical (unpaired) electrons. The van der Waals surface area contributed by atoms with Crippen LogP contribution in [0, 0.1) is 6.92 Å². The van der Waals surface area contributed by atoms with Crippen molar-refractivity contribution in [2.45, 2.75) is 26.7 Å². The summed E-state index contributed by atoms with van der Waals surface area (Å²) in [7, 11) is 0. The first kappa shape index (κ1) is 14.7. The van der Waals surface area contributed by atoms with E-state index in [1.807, 2.05) is 25.1 Å². The van der Waals surface area contributed by atoms with Crippen LogP contribution in [0.4, 0.5) is 0 Å². The summed E-state index contributed by atoms with van der Waals surface area (Å²) in [6, 6.07) is 5.71. The summed E-state index contributed by atoms with van der Waals surface area (Å²) in [5.74, 6) is -0.261. The molecule has 3 nitrogen and oxygen atoms in total. The molecular formula is C14H17ClO3. The Morgan fingerprint density at radius 2 is 1.78 bits per heavy atom. The molecule has 0 atom stereocenters. The third-order valence-electron chi connectivity index (χ3n) is 2.40. The van der Waals surface area contributed by atoms with Gasteiger partial charge in [0.25, 0.3) is 0 Å². The number of hydrogen-bond acceptors (Lipinski definition) is 3. The SMILES string of the molecule is CCOC(=O)Cc1cc(C)cc(CC(=O)CCl)c1. The fourth-order valence-corrected chi connectivity index (χ4v) is 1.90. The van der Waals surface area contributed by atoms with Crippen LogP contribution in [0.25, 0.3) is 0 Å². The molecule has 1 rings (SSSR count). The zero-order chi connectivity index (χ0) is 13.5. The number of benzene rings is 1. The fourth-order valence-electron chi connectivity index (χ4n) is 1.81. The summed E-state index contributed by atoms with van der Waals surface area (Å²) in [4.78, 5) is 22.7. The van der Waals surface area contributed by atoms with Crippen LogP contribution in [-0.4, -0.2) is 24.2 Å². The number of carbonyl (C=O) groups is 2. The van der Waals surface area contributed by atoms with Gasteiger partial charge in [-0.1, -0.05) is 23.8 Å². The fraction of sp³-hybridized carbons (Fsp3) is 0.429. The smallest absolute Gasteiger partial charge is 0.310 e. The van der Waals surface area contributed by atoms with E-state index in [1.54, 1.807) is 6.92 Å². The van der Waals surface area contributed by atoms with Crippen molar-refractivity contribution in [3.63, 3.8) is 0 Å². The van der Waals surface area contributed by atoms with Crippen LogP contribution in [0.2, 0.25) is 0 Å². The molecule has 4 heteroatoms. The summed E-state index contributed by atoms with van der Waals surface area (Å²) in [6.07, 6.45) is 0.540. The van der Waals surface area contributed by atoms with Crippen molar-refractivity contribution in [1.29, 1.82) is 0 Å². The van der Waals surface area contributed by atoms with Crippen molar-refractivity contribution in [2.75, 3.05) is 12.5 Å². The molecule has 0 fully saturated rings. The van der Waals surface area contributed by atoms with E-state index in [2.05, 4.69) is 0 Å². The van der Waals surface area contributed by atoms with E-state index in [0.29, 0.717) is 13.0 Å². The Morgan fingerprint density at radius 1 is 1.17 bits per heavy atom. The minimum absolute atomic E-state index is 0.0150. The van der Waals surface area contributed by atoms with Crippen LogP contribution in [-0.2, 0) is 27.2 Å².